The average molecular weight is 372 g/mol. The lowest BCUT2D eigenvalue weighted by Gasteiger charge is -2.14. The minimum Gasteiger partial charge on any atom is -0.341 e. The van der Waals surface area contributed by atoms with E-state index in [4.69, 9.17) is 0 Å². The molecule has 0 spiro atoms. The van der Waals surface area contributed by atoms with Gasteiger partial charge in [0.15, 0.2) is 5.65 Å². The summed E-state index contributed by atoms with van der Waals surface area (Å²) in [6, 6.07) is 4.69. The molecule has 2 aromatic heterocycles. The van der Waals surface area contributed by atoms with Gasteiger partial charge in [-0.2, -0.15) is 0 Å². The fourth-order valence-electron chi connectivity index (χ4n) is 2.40. The number of nitrogens with one attached hydrogen (secondary N) is 2. The number of aromatic amines is 1. The Kier molecular flexibility index (Phi) is 5.12. The average Bonchev–Trinajstić information content (AvgIpc) is 3.10. The summed E-state index contributed by atoms with van der Waals surface area (Å²) in [5.41, 5.74) is 1.98. The number of nitrogens with zero attached hydrogens (tertiary/aromatic N) is 4. The van der Waals surface area contributed by atoms with E-state index in [1.165, 1.54) is 30.5 Å². The quantitative estimate of drug-likeness (QED) is 0.294. The first-order chi connectivity index (χ1) is 12.5. The van der Waals surface area contributed by atoms with E-state index in [0.29, 0.717) is 22.6 Å². The van der Waals surface area contributed by atoms with Crippen LogP contribution in [0.25, 0.3) is 11.2 Å². The van der Waals surface area contributed by atoms with Gasteiger partial charge in [0.2, 0.25) is 5.91 Å². The van der Waals surface area contributed by atoms with Crippen LogP contribution in [0.3, 0.4) is 0 Å². The Morgan fingerprint density at radius 1 is 1.38 bits per heavy atom. The molecule has 0 unspecified atom stereocenters. The van der Waals surface area contributed by atoms with E-state index in [-0.39, 0.29) is 17.3 Å². The number of fused-ring (bicyclic) bond motifs is 1. The molecule has 0 saturated heterocycles. The number of nitro benzene ring substituents is 1. The van der Waals surface area contributed by atoms with Gasteiger partial charge in [0.05, 0.1) is 16.5 Å². The molecule has 0 saturated carbocycles. The van der Waals surface area contributed by atoms with Crippen LogP contribution in [0.15, 0.2) is 35.9 Å². The number of amides is 1. The lowest BCUT2D eigenvalue weighted by atomic mass is 10.2. The van der Waals surface area contributed by atoms with Crippen molar-refractivity contribution in [2.24, 2.45) is 0 Å². The molecule has 3 aromatic rings. The topological polar surface area (TPSA) is 127 Å². The summed E-state index contributed by atoms with van der Waals surface area (Å²) in [4.78, 5) is 38.7. The Hall–Kier alpha value is -3.01. The zero-order valence-corrected chi connectivity index (χ0v) is 14.9. The third kappa shape index (κ3) is 3.64. The van der Waals surface area contributed by atoms with Crippen molar-refractivity contribution in [3.63, 3.8) is 0 Å². The number of thioether (sulfide) groups is 1. The van der Waals surface area contributed by atoms with Gasteiger partial charge in [-0.3, -0.25) is 14.9 Å². The number of carbonyl (C=O) groups is 1. The van der Waals surface area contributed by atoms with Crippen LogP contribution in [0.1, 0.15) is 18.9 Å². The largest absolute Gasteiger partial charge is 0.341 e. The third-order valence-corrected chi connectivity index (χ3v) is 5.08. The predicted molar refractivity (Wildman–Crippen MR) is 98.1 cm³/mol. The number of imidazole rings is 1. The Balaban J connectivity index is 1.82. The summed E-state index contributed by atoms with van der Waals surface area (Å²) >= 11 is 1.26. The second-order valence-electron chi connectivity index (χ2n) is 5.56. The molecule has 9 nitrogen and oxygen atoms in total. The maximum atomic E-state index is 12.7. The highest BCUT2D eigenvalue weighted by Gasteiger charge is 2.23. The van der Waals surface area contributed by atoms with E-state index >= 15 is 0 Å². The minimum absolute atomic E-state index is 0.129. The summed E-state index contributed by atoms with van der Waals surface area (Å²) in [5.74, 6) is -0.323. The standard InChI is InChI=1S/C16H16N6O3S/c1-3-12(26-16-13-14(18-7-17-13)19-8-20-16)15(23)21-10-5-4-9(2)6-11(10)22(24)25/h4-8,12H,3H2,1-2H3,(H,21,23)(H,17,18,19,20)/t12-/m1/s1. The zero-order valence-electron chi connectivity index (χ0n) is 14.1. The van der Waals surface area contributed by atoms with Gasteiger partial charge < -0.3 is 10.3 Å². The van der Waals surface area contributed by atoms with Crippen LogP contribution in [0.4, 0.5) is 11.4 Å². The SMILES string of the molecule is CC[C@@H](Sc1ncnc2nc[nH]c12)C(=O)Nc1ccc(C)cc1[N+](=O)[O-]. The number of hydrogen-bond donors (Lipinski definition) is 2. The number of aromatic nitrogens is 4. The number of anilines is 1. The van der Waals surface area contributed by atoms with Crippen LogP contribution in [0.5, 0.6) is 0 Å². The van der Waals surface area contributed by atoms with Crippen LogP contribution >= 0.6 is 11.8 Å². The van der Waals surface area contributed by atoms with E-state index < -0.39 is 10.2 Å². The molecule has 1 atom stereocenters. The maximum absolute atomic E-state index is 12.7. The Morgan fingerprint density at radius 3 is 2.92 bits per heavy atom. The molecule has 0 fully saturated rings. The molecule has 26 heavy (non-hydrogen) atoms. The van der Waals surface area contributed by atoms with Crippen molar-refractivity contribution in [3.05, 3.63) is 46.5 Å². The highest BCUT2D eigenvalue weighted by molar-refractivity contribution is 8.00. The number of carbonyl (C=O) groups excluding carboxylic acids is 1. The van der Waals surface area contributed by atoms with Crippen LogP contribution in [-0.2, 0) is 4.79 Å². The highest BCUT2D eigenvalue weighted by Crippen LogP contribution is 2.30. The van der Waals surface area contributed by atoms with E-state index in [2.05, 4.69) is 25.3 Å². The van der Waals surface area contributed by atoms with Crippen molar-refractivity contribution in [1.82, 2.24) is 19.9 Å². The van der Waals surface area contributed by atoms with Crippen LogP contribution in [0, 0.1) is 17.0 Å². The molecule has 2 heterocycles. The van der Waals surface area contributed by atoms with Gasteiger partial charge in [0.1, 0.15) is 22.6 Å². The van der Waals surface area contributed by atoms with E-state index in [1.54, 1.807) is 19.1 Å². The molecule has 3 rings (SSSR count). The molecule has 0 radical (unpaired) electrons. The second-order valence-corrected chi connectivity index (χ2v) is 6.75. The molecular formula is C16H16N6O3S. The molecule has 0 bridgehead atoms. The third-order valence-electron chi connectivity index (χ3n) is 3.71. The Bertz CT molecular complexity index is 974. The highest BCUT2D eigenvalue weighted by atomic mass is 32.2. The van der Waals surface area contributed by atoms with Crippen molar-refractivity contribution < 1.29 is 9.72 Å². The molecule has 0 aliphatic carbocycles. The number of aryl methyl sites for hydroxylation is 1. The van der Waals surface area contributed by atoms with Crippen molar-refractivity contribution in [1.29, 1.82) is 0 Å². The maximum Gasteiger partial charge on any atom is 0.293 e. The fraction of sp³-hybridized carbons (Fsp3) is 0.250. The number of hydrogen-bond acceptors (Lipinski definition) is 7. The van der Waals surface area contributed by atoms with Crippen molar-refractivity contribution >= 4 is 40.2 Å². The summed E-state index contributed by atoms with van der Waals surface area (Å²) in [7, 11) is 0. The monoisotopic (exact) mass is 372 g/mol. The first kappa shape index (κ1) is 17.8. The lowest BCUT2D eigenvalue weighted by molar-refractivity contribution is -0.384. The normalized spacial score (nSPS) is 12.1. The number of nitro groups is 1. The molecule has 1 aromatic carbocycles. The molecule has 10 heteroatoms. The summed E-state index contributed by atoms with van der Waals surface area (Å²) in [5, 5.41) is 14.0. The number of benzene rings is 1. The number of rotatable bonds is 6. The number of H-pyrrole nitrogens is 1. The molecule has 2 N–H and O–H groups in total. The lowest BCUT2D eigenvalue weighted by Crippen LogP contribution is -2.25. The van der Waals surface area contributed by atoms with Gasteiger partial charge in [-0.25, -0.2) is 15.0 Å². The van der Waals surface area contributed by atoms with Gasteiger partial charge >= 0.3 is 0 Å². The van der Waals surface area contributed by atoms with Crippen molar-refractivity contribution in [2.75, 3.05) is 5.32 Å². The van der Waals surface area contributed by atoms with Gasteiger partial charge in [-0.1, -0.05) is 24.8 Å². The van der Waals surface area contributed by atoms with Gasteiger partial charge in [-0.05, 0) is 25.0 Å². The smallest absolute Gasteiger partial charge is 0.293 e. The second kappa shape index (κ2) is 7.48. The molecule has 0 aliphatic heterocycles. The van der Waals surface area contributed by atoms with Crippen LogP contribution in [0.2, 0.25) is 0 Å². The molecule has 1 amide bonds. The zero-order chi connectivity index (χ0) is 18.7. The van der Waals surface area contributed by atoms with Crippen LogP contribution in [-0.4, -0.2) is 36.0 Å². The van der Waals surface area contributed by atoms with Crippen molar-refractivity contribution in [2.45, 2.75) is 30.5 Å². The van der Waals surface area contributed by atoms with Gasteiger partial charge in [0, 0.05) is 6.07 Å². The summed E-state index contributed by atoms with van der Waals surface area (Å²) in [6.07, 6.45) is 3.43. The van der Waals surface area contributed by atoms with Gasteiger partial charge in [-0.15, -0.1) is 0 Å². The Labute approximate surface area is 152 Å². The first-order valence-electron chi connectivity index (χ1n) is 7.86. The minimum atomic E-state index is -0.505. The fourth-order valence-corrected chi connectivity index (χ4v) is 3.38. The van der Waals surface area contributed by atoms with E-state index in [9.17, 15) is 14.9 Å². The van der Waals surface area contributed by atoms with E-state index in [0.717, 1.165) is 5.56 Å². The molecule has 0 aliphatic rings. The van der Waals surface area contributed by atoms with E-state index in [1.807, 2.05) is 6.92 Å². The summed E-state index contributed by atoms with van der Waals surface area (Å²) in [6.45, 7) is 3.63. The Morgan fingerprint density at radius 2 is 2.19 bits per heavy atom. The van der Waals surface area contributed by atoms with Crippen LogP contribution < -0.4 is 5.32 Å². The molecular weight excluding hydrogens is 356 g/mol. The van der Waals surface area contributed by atoms with Crippen molar-refractivity contribution in [3.8, 4) is 0 Å². The predicted octanol–water partition coefficient (Wildman–Crippen LogP) is 3.08. The first-order valence-corrected chi connectivity index (χ1v) is 8.74. The summed E-state index contributed by atoms with van der Waals surface area (Å²) < 4.78 is 0. The van der Waals surface area contributed by atoms with Gasteiger partial charge in [0.25, 0.3) is 5.69 Å². The molecule has 134 valence electrons.